The summed E-state index contributed by atoms with van der Waals surface area (Å²) in [6, 6.07) is 19.2. The van der Waals surface area contributed by atoms with Crippen molar-refractivity contribution in [1.82, 2.24) is 9.80 Å². The summed E-state index contributed by atoms with van der Waals surface area (Å²) in [4.78, 5) is 17.2. The smallest absolute Gasteiger partial charge is 0.253 e. The zero-order valence-corrected chi connectivity index (χ0v) is 16.3. The second-order valence-corrected chi connectivity index (χ2v) is 8.21. The van der Waals surface area contributed by atoms with Crippen molar-refractivity contribution in [2.45, 2.75) is 38.1 Å². The maximum absolute atomic E-state index is 12.6. The minimum Gasteiger partial charge on any atom is -0.339 e. The van der Waals surface area contributed by atoms with Crippen LogP contribution in [0, 0.1) is 5.92 Å². The molecule has 0 saturated carbocycles. The third kappa shape index (κ3) is 4.24. The molecule has 1 heterocycles. The molecule has 2 aliphatic rings. The first-order valence-corrected chi connectivity index (χ1v) is 10.3. The maximum Gasteiger partial charge on any atom is 0.253 e. The lowest BCUT2D eigenvalue weighted by molar-refractivity contribution is 0.0659. The molecule has 1 aliphatic heterocycles. The predicted molar refractivity (Wildman–Crippen MR) is 110 cm³/mol. The van der Waals surface area contributed by atoms with Crippen LogP contribution in [0.3, 0.4) is 0 Å². The van der Waals surface area contributed by atoms with E-state index in [0.29, 0.717) is 12.0 Å². The van der Waals surface area contributed by atoms with E-state index in [4.69, 9.17) is 0 Å². The Labute approximate surface area is 163 Å². The van der Waals surface area contributed by atoms with Gasteiger partial charge in [-0.15, -0.1) is 0 Å². The molecule has 0 spiro atoms. The predicted octanol–water partition coefficient (Wildman–Crippen LogP) is 4.03. The quantitative estimate of drug-likeness (QED) is 0.820. The van der Waals surface area contributed by atoms with Crippen LogP contribution in [0.4, 0.5) is 0 Å². The van der Waals surface area contributed by atoms with Crippen LogP contribution in [-0.2, 0) is 12.8 Å². The van der Waals surface area contributed by atoms with Gasteiger partial charge in [0.1, 0.15) is 0 Å². The van der Waals surface area contributed by atoms with Gasteiger partial charge in [-0.2, -0.15) is 0 Å². The first-order chi connectivity index (χ1) is 13.2. The molecule has 4 rings (SSSR count). The van der Waals surface area contributed by atoms with Crippen molar-refractivity contribution in [2.75, 3.05) is 26.7 Å². The van der Waals surface area contributed by atoms with Crippen LogP contribution in [0.5, 0.6) is 0 Å². The largest absolute Gasteiger partial charge is 0.339 e. The summed E-state index contributed by atoms with van der Waals surface area (Å²) >= 11 is 0. The molecule has 3 heteroatoms. The number of rotatable bonds is 4. The summed E-state index contributed by atoms with van der Waals surface area (Å²) < 4.78 is 0. The van der Waals surface area contributed by atoms with E-state index in [1.165, 1.54) is 30.4 Å². The van der Waals surface area contributed by atoms with E-state index in [2.05, 4.69) is 36.2 Å². The second kappa shape index (κ2) is 8.26. The first kappa shape index (κ1) is 18.2. The molecule has 1 amide bonds. The average molecular weight is 363 g/mol. The lowest BCUT2D eigenvalue weighted by Crippen LogP contribution is -2.44. The summed E-state index contributed by atoms with van der Waals surface area (Å²) in [5.41, 5.74) is 3.88. The van der Waals surface area contributed by atoms with Gasteiger partial charge in [0.15, 0.2) is 0 Å². The molecule has 142 valence electrons. The molecule has 2 aromatic rings. The molecule has 1 aliphatic carbocycles. The van der Waals surface area contributed by atoms with Crippen LogP contribution >= 0.6 is 0 Å². The molecular formula is C24H30N2O. The van der Waals surface area contributed by atoms with Gasteiger partial charge >= 0.3 is 0 Å². The number of fused-ring (bicyclic) bond motifs is 1. The maximum atomic E-state index is 12.6. The topological polar surface area (TPSA) is 23.6 Å². The van der Waals surface area contributed by atoms with Gasteiger partial charge in [-0.3, -0.25) is 4.79 Å². The molecule has 1 atom stereocenters. The van der Waals surface area contributed by atoms with E-state index in [1.807, 2.05) is 35.2 Å². The van der Waals surface area contributed by atoms with E-state index in [-0.39, 0.29) is 5.91 Å². The highest BCUT2D eigenvalue weighted by atomic mass is 16.2. The van der Waals surface area contributed by atoms with Gasteiger partial charge in [0.05, 0.1) is 0 Å². The number of carbonyl (C=O) groups is 1. The first-order valence-electron chi connectivity index (χ1n) is 10.3. The van der Waals surface area contributed by atoms with Gasteiger partial charge in [-0.25, -0.2) is 0 Å². The number of amides is 1. The lowest BCUT2D eigenvalue weighted by Gasteiger charge is -2.38. The Balaban J connectivity index is 1.27. The SMILES string of the molecule is CN(CC1CCN(C(=O)c2ccccc2)CC1)C1CCc2ccccc2C1. The van der Waals surface area contributed by atoms with Crippen molar-refractivity contribution in [1.29, 1.82) is 0 Å². The summed E-state index contributed by atoms with van der Waals surface area (Å²) in [5, 5.41) is 0. The number of carbonyl (C=O) groups excluding carboxylic acids is 1. The van der Waals surface area contributed by atoms with E-state index in [1.54, 1.807) is 0 Å². The number of hydrogen-bond donors (Lipinski definition) is 0. The van der Waals surface area contributed by atoms with Gasteiger partial charge in [0.25, 0.3) is 5.91 Å². The van der Waals surface area contributed by atoms with Crippen LogP contribution in [-0.4, -0.2) is 48.4 Å². The Morgan fingerprint density at radius 2 is 1.63 bits per heavy atom. The van der Waals surface area contributed by atoms with Crippen LogP contribution in [0.25, 0.3) is 0 Å². The number of benzene rings is 2. The Morgan fingerprint density at radius 1 is 0.963 bits per heavy atom. The van der Waals surface area contributed by atoms with Crippen LogP contribution < -0.4 is 0 Å². The molecular weight excluding hydrogens is 332 g/mol. The van der Waals surface area contributed by atoms with Gasteiger partial charge in [0.2, 0.25) is 0 Å². The monoisotopic (exact) mass is 362 g/mol. The third-order valence-electron chi connectivity index (χ3n) is 6.41. The molecule has 27 heavy (non-hydrogen) atoms. The standard InChI is InChI=1S/C24H30N2O/c1-25(23-12-11-20-7-5-6-10-22(20)17-23)18-19-13-15-26(16-14-19)24(27)21-8-3-2-4-9-21/h2-10,19,23H,11-18H2,1H3. The van der Waals surface area contributed by atoms with Crippen molar-refractivity contribution >= 4 is 5.91 Å². The molecule has 0 radical (unpaired) electrons. The number of nitrogens with zero attached hydrogens (tertiary/aromatic N) is 2. The molecule has 1 fully saturated rings. The molecule has 1 unspecified atom stereocenters. The Morgan fingerprint density at radius 3 is 2.37 bits per heavy atom. The number of piperidine rings is 1. The van der Waals surface area contributed by atoms with E-state index in [0.717, 1.165) is 38.0 Å². The highest BCUT2D eigenvalue weighted by Crippen LogP contribution is 2.26. The Kier molecular flexibility index (Phi) is 5.58. The molecule has 1 saturated heterocycles. The lowest BCUT2D eigenvalue weighted by atomic mass is 9.87. The second-order valence-electron chi connectivity index (χ2n) is 8.21. The summed E-state index contributed by atoms with van der Waals surface area (Å²) in [7, 11) is 2.29. The van der Waals surface area contributed by atoms with Crippen molar-refractivity contribution in [3.63, 3.8) is 0 Å². The fourth-order valence-corrected chi connectivity index (χ4v) is 4.69. The Bertz CT molecular complexity index is 765. The van der Waals surface area contributed by atoms with Crippen LogP contribution in [0.2, 0.25) is 0 Å². The zero-order chi connectivity index (χ0) is 18.6. The highest BCUT2D eigenvalue weighted by Gasteiger charge is 2.27. The average Bonchev–Trinajstić information content (AvgIpc) is 2.74. The number of aryl methyl sites for hydroxylation is 1. The molecule has 0 aromatic heterocycles. The minimum absolute atomic E-state index is 0.186. The van der Waals surface area contributed by atoms with Crippen molar-refractivity contribution in [2.24, 2.45) is 5.92 Å². The van der Waals surface area contributed by atoms with Gasteiger partial charge in [-0.05, 0) is 68.3 Å². The molecule has 0 N–H and O–H groups in total. The van der Waals surface area contributed by atoms with Gasteiger partial charge < -0.3 is 9.80 Å². The number of likely N-dealkylation sites (N-methyl/N-ethyl adjacent to an activating group) is 1. The van der Waals surface area contributed by atoms with Gasteiger partial charge in [-0.1, -0.05) is 42.5 Å². The Hall–Kier alpha value is -2.13. The zero-order valence-electron chi connectivity index (χ0n) is 16.3. The van der Waals surface area contributed by atoms with Crippen molar-refractivity contribution in [3.8, 4) is 0 Å². The molecule has 2 aromatic carbocycles. The highest BCUT2D eigenvalue weighted by molar-refractivity contribution is 5.94. The third-order valence-corrected chi connectivity index (χ3v) is 6.41. The van der Waals surface area contributed by atoms with Gasteiger partial charge in [0, 0.05) is 31.2 Å². The van der Waals surface area contributed by atoms with Crippen molar-refractivity contribution in [3.05, 3.63) is 71.3 Å². The number of hydrogen-bond acceptors (Lipinski definition) is 2. The molecule has 3 nitrogen and oxygen atoms in total. The summed E-state index contributed by atoms with van der Waals surface area (Å²) in [6.45, 7) is 2.93. The fourth-order valence-electron chi connectivity index (χ4n) is 4.69. The summed E-state index contributed by atoms with van der Waals surface area (Å²) in [6.07, 6.45) is 5.88. The van der Waals surface area contributed by atoms with E-state index >= 15 is 0 Å². The van der Waals surface area contributed by atoms with E-state index < -0.39 is 0 Å². The molecule has 0 bridgehead atoms. The van der Waals surface area contributed by atoms with Crippen LogP contribution in [0.1, 0.15) is 40.7 Å². The minimum atomic E-state index is 0.186. The van der Waals surface area contributed by atoms with E-state index in [9.17, 15) is 4.79 Å². The fraction of sp³-hybridized carbons (Fsp3) is 0.458. The van der Waals surface area contributed by atoms with Crippen LogP contribution in [0.15, 0.2) is 54.6 Å². The normalized spacial score (nSPS) is 20.5. The van der Waals surface area contributed by atoms with Crippen molar-refractivity contribution < 1.29 is 4.79 Å². The summed E-state index contributed by atoms with van der Waals surface area (Å²) in [5.74, 6) is 0.887. The number of likely N-dealkylation sites (tertiary alicyclic amines) is 1.